The number of amides is 2. The summed E-state index contributed by atoms with van der Waals surface area (Å²) in [5, 5.41) is 14.3. The van der Waals surface area contributed by atoms with Crippen LogP contribution in [-0.2, 0) is 16.1 Å². The van der Waals surface area contributed by atoms with E-state index in [2.05, 4.69) is 33.2 Å². The van der Waals surface area contributed by atoms with Gasteiger partial charge in [0.05, 0.1) is 6.61 Å². The molecule has 2 amide bonds. The van der Waals surface area contributed by atoms with Gasteiger partial charge < -0.3 is 20.5 Å². The summed E-state index contributed by atoms with van der Waals surface area (Å²) in [6.07, 6.45) is -0.740. The van der Waals surface area contributed by atoms with Gasteiger partial charge in [-0.3, -0.25) is 4.79 Å². The van der Waals surface area contributed by atoms with Crippen molar-refractivity contribution in [2.24, 2.45) is 0 Å². The zero-order valence-corrected chi connectivity index (χ0v) is 15.0. The van der Waals surface area contributed by atoms with E-state index in [1.807, 2.05) is 24.3 Å². The van der Waals surface area contributed by atoms with Crippen LogP contribution in [0, 0.1) is 3.57 Å². The van der Waals surface area contributed by atoms with E-state index in [4.69, 9.17) is 4.74 Å². The van der Waals surface area contributed by atoms with Crippen LogP contribution in [0.2, 0.25) is 0 Å². The molecule has 22 heavy (non-hydrogen) atoms. The molecule has 7 heteroatoms. The number of nitrogens with one attached hydrogen (secondary N) is 2. The summed E-state index contributed by atoms with van der Waals surface area (Å²) in [5.41, 5.74) is 0.268. The smallest absolute Gasteiger partial charge is 0.408 e. The first-order chi connectivity index (χ1) is 10.2. The predicted molar refractivity (Wildman–Crippen MR) is 91.2 cm³/mol. The minimum atomic E-state index is -1.04. The van der Waals surface area contributed by atoms with Gasteiger partial charge in [-0.15, -0.1) is 0 Å². The standard InChI is InChI=1S/C15H21IN2O4/c1-15(2,3)22-14(21)18-12(9-19)13(20)17-8-10-4-6-11(16)7-5-10/h4-7,12,19H,8-9H2,1-3H3,(H,17,20)(H,18,21). The second-order valence-corrected chi connectivity index (χ2v) is 6.97. The molecule has 1 atom stereocenters. The van der Waals surface area contributed by atoms with Crippen molar-refractivity contribution in [3.8, 4) is 0 Å². The summed E-state index contributed by atoms with van der Waals surface area (Å²) in [6, 6.07) is 6.63. The Bertz CT molecular complexity index is 511. The molecule has 1 rings (SSSR count). The lowest BCUT2D eigenvalue weighted by atomic mass is 10.2. The summed E-state index contributed by atoms with van der Waals surface area (Å²) >= 11 is 2.20. The maximum Gasteiger partial charge on any atom is 0.408 e. The van der Waals surface area contributed by atoms with Crippen molar-refractivity contribution >= 4 is 34.6 Å². The van der Waals surface area contributed by atoms with Gasteiger partial charge in [0.2, 0.25) is 5.91 Å². The van der Waals surface area contributed by atoms with E-state index in [1.165, 1.54) is 0 Å². The van der Waals surface area contributed by atoms with E-state index in [9.17, 15) is 14.7 Å². The van der Waals surface area contributed by atoms with Gasteiger partial charge in [-0.2, -0.15) is 0 Å². The Hall–Kier alpha value is -1.35. The number of benzene rings is 1. The maximum atomic E-state index is 12.0. The number of aliphatic hydroxyl groups is 1. The number of halogens is 1. The molecule has 0 aliphatic carbocycles. The molecule has 0 aliphatic heterocycles. The maximum absolute atomic E-state index is 12.0. The Morgan fingerprint density at radius 1 is 1.27 bits per heavy atom. The van der Waals surface area contributed by atoms with Crippen molar-refractivity contribution < 1.29 is 19.4 Å². The minimum Gasteiger partial charge on any atom is -0.444 e. The SMILES string of the molecule is CC(C)(C)OC(=O)NC(CO)C(=O)NCc1ccc(I)cc1. The number of hydrogen-bond acceptors (Lipinski definition) is 4. The molecule has 6 nitrogen and oxygen atoms in total. The van der Waals surface area contributed by atoms with Gasteiger partial charge in [-0.05, 0) is 61.1 Å². The second kappa shape index (κ2) is 8.33. The molecule has 1 aromatic carbocycles. The quantitative estimate of drug-likeness (QED) is 0.634. The highest BCUT2D eigenvalue weighted by Crippen LogP contribution is 2.07. The summed E-state index contributed by atoms with van der Waals surface area (Å²) in [4.78, 5) is 23.6. The fourth-order valence-corrected chi connectivity index (χ4v) is 1.92. The first-order valence-electron chi connectivity index (χ1n) is 6.84. The number of alkyl carbamates (subject to hydrolysis) is 1. The summed E-state index contributed by atoms with van der Waals surface area (Å²) in [7, 11) is 0. The molecule has 0 aliphatic rings. The molecule has 0 spiro atoms. The van der Waals surface area contributed by atoms with Crippen molar-refractivity contribution in [3.05, 3.63) is 33.4 Å². The Balaban J connectivity index is 2.50. The molecule has 0 saturated heterocycles. The lowest BCUT2D eigenvalue weighted by Gasteiger charge is -2.22. The van der Waals surface area contributed by atoms with Crippen LogP contribution in [0.4, 0.5) is 4.79 Å². The molecule has 0 fully saturated rings. The van der Waals surface area contributed by atoms with Gasteiger partial charge in [-0.1, -0.05) is 12.1 Å². The van der Waals surface area contributed by atoms with Crippen molar-refractivity contribution in [1.29, 1.82) is 0 Å². The molecule has 0 bridgehead atoms. The van der Waals surface area contributed by atoms with Crippen LogP contribution in [0.1, 0.15) is 26.3 Å². The molecular weight excluding hydrogens is 399 g/mol. The van der Waals surface area contributed by atoms with Gasteiger partial charge in [-0.25, -0.2) is 4.79 Å². The van der Waals surface area contributed by atoms with Crippen molar-refractivity contribution in [2.45, 2.75) is 39.0 Å². The van der Waals surface area contributed by atoms with Gasteiger partial charge in [0.25, 0.3) is 0 Å². The number of hydrogen-bond donors (Lipinski definition) is 3. The van der Waals surface area contributed by atoms with E-state index in [0.29, 0.717) is 6.54 Å². The Morgan fingerprint density at radius 2 is 1.86 bits per heavy atom. The number of ether oxygens (including phenoxy) is 1. The van der Waals surface area contributed by atoms with Crippen LogP contribution >= 0.6 is 22.6 Å². The van der Waals surface area contributed by atoms with Crippen LogP contribution in [0.25, 0.3) is 0 Å². The number of aliphatic hydroxyl groups excluding tert-OH is 1. The molecule has 122 valence electrons. The van der Waals surface area contributed by atoms with Crippen LogP contribution in [-0.4, -0.2) is 35.4 Å². The Morgan fingerprint density at radius 3 is 2.36 bits per heavy atom. The van der Waals surface area contributed by atoms with Gasteiger partial charge in [0.1, 0.15) is 11.6 Å². The molecule has 0 heterocycles. The largest absolute Gasteiger partial charge is 0.444 e. The average molecular weight is 420 g/mol. The highest BCUT2D eigenvalue weighted by atomic mass is 127. The molecule has 0 radical (unpaired) electrons. The highest BCUT2D eigenvalue weighted by molar-refractivity contribution is 14.1. The lowest BCUT2D eigenvalue weighted by molar-refractivity contribution is -0.124. The zero-order valence-electron chi connectivity index (χ0n) is 12.9. The molecular formula is C15H21IN2O4. The number of rotatable bonds is 5. The van der Waals surface area contributed by atoms with Crippen LogP contribution in [0.3, 0.4) is 0 Å². The van der Waals surface area contributed by atoms with Gasteiger partial charge in [0.15, 0.2) is 0 Å². The second-order valence-electron chi connectivity index (χ2n) is 5.73. The van der Waals surface area contributed by atoms with Crippen LogP contribution in [0.5, 0.6) is 0 Å². The third-order valence-electron chi connectivity index (χ3n) is 2.57. The van der Waals surface area contributed by atoms with E-state index in [1.54, 1.807) is 20.8 Å². The minimum absolute atomic E-state index is 0.322. The summed E-state index contributed by atoms with van der Waals surface area (Å²) < 4.78 is 6.16. The lowest BCUT2D eigenvalue weighted by Crippen LogP contribution is -2.49. The number of carbonyl (C=O) groups excluding carboxylic acids is 2. The first-order valence-corrected chi connectivity index (χ1v) is 7.91. The highest BCUT2D eigenvalue weighted by Gasteiger charge is 2.23. The van der Waals surface area contributed by atoms with Crippen molar-refractivity contribution in [2.75, 3.05) is 6.61 Å². The molecule has 0 saturated carbocycles. The molecule has 3 N–H and O–H groups in total. The van der Waals surface area contributed by atoms with Crippen LogP contribution < -0.4 is 10.6 Å². The topological polar surface area (TPSA) is 87.7 Å². The third-order valence-corrected chi connectivity index (χ3v) is 3.29. The van der Waals surface area contributed by atoms with E-state index in [0.717, 1.165) is 9.13 Å². The average Bonchev–Trinajstić information content (AvgIpc) is 2.42. The Labute approximate surface area is 143 Å². The van der Waals surface area contributed by atoms with E-state index < -0.39 is 30.3 Å². The van der Waals surface area contributed by atoms with E-state index in [-0.39, 0.29) is 0 Å². The molecule has 0 aromatic heterocycles. The molecule has 1 unspecified atom stereocenters. The van der Waals surface area contributed by atoms with E-state index >= 15 is 0 Å². The summed E-state index contributed by atoms with van der Waals surface area (Å²) in [5.74, 6) is -0.466. The monoisotopic (exact) mass is 420 g/mol. The summed E-state index contributed by atoms with van der Waals surface area (Å²) in [6.45, 7) is 4.98. The van der Waals surface area contributed by atoms with Gasteiger partial charge >= 0.3 is 6.09 Å². The normalized spacial score (nSPS) is 12.4. The van der Waals surface area contributed by atoms with Crippen molar-refractivity contribution in [3.63, 3.8) is 0 Å². The Kier molecular flexibility index (Phi) is 7.08. The number of carbonyl (C=O) groups is 2. The first kappa shape index (κ1) is 18.7. The molecule has 1 aromatic rings. The predicted octanol–water partition coefficient (Wildman–Crippen LogP) is 1.79. The third kappa shape index (κ3) is 7.08. The van der Waals surface area contributed by atoms with Gasteiger partial charge in [0, 0.05) is 10.1 Å². The zero-order chi connectivity index (χ0) is 16.8. The fraction of sp³-hybridized carbons (Fsp3) is 0.467. The van der Waals surface area contributed by atoms with Crippen LogP contribution in [0.15, 0.2) is 24.3 Å². The van der Waals surface area contributed by atoms with Crippen molar-refractivity contribution in [1.82, 2.24) is 10.6 Å². The fourth-order valence-electron chi connectivity index (χ4n) is 1.56.